The average molecular weight is 226 g/mol. The molecule has 4 heteroatoms. The minimum absolute atomic E-state index is 0.0527. The summed E-state index contributed by atoms with van der Waals surface area (Å²) in [4.78, 5) is 11.5. The van der Waals surface area contributed by atoms with Gasteiger partial charge >= 0.3 is 6.09 Å². The molecule has 92 valence electrons. The van der Waals surface area contributed by atoms with Crippen LogP contribution in [0.25, 0.3) is 0 Å². The summed E-state index contributed by atoms with van der Waals surface area (Å²) in [6.07, 6.45) is 2.77. The molecule has 16 heavy (non-hydrogen) atoms. The fraction of sp³-hybridized carbons (Fsp3) is 0.750. The van der Waals surface area contributed by atoms with Gasteiger partial charge in [0.05, 0.1) is 6.04 Å². The summed E-state index contributed by atoms with van der Waals surface area (Å²) >= 11 is 0. The second-order valence-corrected chi connectivity index (χ2v) is 5.10. The Morgan fingerprint density at radius 1 is 1.56 bits per heavy atom. The first-order valence-corrected chi connectivity index (χ1v) is 5.77. The maximum absolute atomic E-state index is 11.5. The van der Waals surface area contributed by atoms with E-state index < -0.39 is 5.60 Å². The second kappa shape index (κ2) is 5.34. The average Bonchev–Trinajstić information content (AvgIpc) is 2.16. The van der Waals surface area contributed by atoms with Crippen LogP contribution in [0, 0.1) is 0 Å². The number of amides is 1. The van der Waals surface area contributed by atoms with Crippen molar-refractivity contribution in [3.63, 3.8) is 0 Å². The number of carbonyl (C=O) groups excluding carboxylic acids is 1. The maximum Gasteiger partial charge on any atom is 0.408 e. The molecule has 1 unspecified atom stereocenters. The Kier molecular flexibility index (Phi) is 4.35. The third-order valence-corrected chi connectivity index (χ3v) is 2.39. The van der Waals surface area contributed by atoms with Crippen molar-refractivity contribution in [2.24, 2.45) is 0 Å². The summed E-state index contributed by atoms with van der Waals surface area (Å²) in [6, 6.07) is 0.0527. The molecule has 1 aliphatic rings. The van der Waals surface area contributed by atoms with Gasteiger partial charge in [-0.05, 0) is 46.2 Å². The van der Waals surface area contributed by atoms with E-state index in [1.807, 2.05) is 27.7 Å². The van der Waals surface area contributed by atoms with Crippen LogP contribution in [-0.4, -0.2) is 30.8 Å². The summed E-state index contributed by atoms with van der Waals surface area (Å²) in [7, 11) is 0. The minimum Gasteiger partial charge on any atom is -0.444 e. The largest absolute Gasteiger partial charge is 0.444 e. The van der Waals surface area contributed by atoms with Crippen LogP contribution in [0.3, 0.4) is 0 Å². The predicted molar refractivity (Wildman–Crippen MR) is 64.4 cm³/mol. The van der Waals surface area contributed by atoms with Crippen molar-refractivity contribution in [1.29, 1.82) is 0 Å². The Bertz CT molecular complexity index is 279. The maximum atomic E-state index is 11.5. The van der Waals surface area contributed by atoms with E-state index in [1.54, 1.807) is 0 Å². The van der Waals surface area contributed by atoms with Gasteiger partial charge in [-0.25, -0.2) is 4.79 Å². The van der Waals surface area contributed by atoms with Crippen LogP contribution in [0.1, 0.15) is 34.1 Å². The van der Waals surface area contributed by atoms with E-state index in [2.05, 4.69) is 16.7 Å². The molecule has 0 radical (unpaired) electrons. The van der Waals surface area contributed by atoms with Crippen LogP contribution in [0.4, 0.5) is 4.79 Å². The number of hydrogen-bond donors (Lipinski definition) is 2. The van der Waals surface area contributed by atoms with Gasteiger partial charge in [-0.2, -0.15) is 0 Å². The van der Waals surface area contributed by atoms with Crippen molar-refractivity contribution in [2.45, 2.75) is 45.8 Å². The molecule has 0 fully saturated rings. The molecule has 1 aliphatic heterocycles. The van der Waals surface area contributed by atoms with Gasteiger partial charge in [-0.1, -0.05) is 6.08 Å². The highest BCUT2D eigenvalue weighted by Gasteiger charge is 2.19. The van der Waals surface area contributed by atoms with Crippen LogP contribution < -0.4 is 10.6 Å². The minimum atomic E-state index is -0.438. The highest BCUT2D eigenvalue weighted by atomic mass is 16.6. The topological polar surface area (TPSA) is 50.4 Å². The van der Waals surface area contributed by atoms with Crippen LogP contribution in [0.15, 0.2) is 11.6 Å². The van der Waals surface area contributed by atoms with Crippen molar-refractivity contribution in [1.82, 2.24) is 10.6 Å². The fourth-order valence-electron chi connectivity index (χ4n) is 1.61. The molecule has 0 saturated carbocycles. The van der Waals surface area contributed by atoms with Crippen molar-refractivity contribution in [2.75, 3.05) is 13.1 Å². The van der Waals surface area contributed by atoms with Crippen molar-refractivity contribution >= 4 is 6.09 Å². The molecule has 0 aromatic carbocycles. The molecule has 2 N–H and O–H groups in total. The summed E-state index contributed by atoms with van der Waals surface area (Å²) in [5.41, 5.74) is 0.830. The van der Waals surface area contributed by atoms with Crippen LogP contribution in [0.5, 0.6) is 0 Å². The fourth-order valence-corrected chi connectivity index (χ4v) is 1.61. The zero-order chi connectivity index (χ0) is 12.2. The lowest BCUT2D eigenvalue weighted by atomic mass is 10.0. The monoisotopic (exact) mass is 226 g/mol. The summed E-state index contributed by atoms with van der Waals surface area (Å²) in [6.45, 7) is 9.44. The van der Waals surface area contributed by atoms with E-state index >= 15 is 0 Å². The van der Waals surface area contributed by atoms with Crippen LogP contribution >= 0.6 is 0 Å². The molecule has 0 spiro atoms. The van der Waals surface area contributed by atoms with Crippen LogP contribution in [0.2, 0.25) is 0 Å². The smallest absolute Gasteiger partial charge is 0.408 e. The number of carbonyl (C=O) groups is 1. The van der Waals surface area contributed by atoms with E-state index in [9.17, 15) is 4.79 Å². The van der Waals surface area contributed by atoms with Gasteiger partial charge in [0.2, 0.25) is 0 Å². The lowest BCUT2D eigenvalue weighted by molar-refractivity contribution is 0.0515. The van der Waals surface area contributed by atoms with Crippen molar-refractivity contribution in [3.05, 3.63) is 11.6 Å². The molecular formula is C12H22N2O2. The third-order valence-electron chi connectivity index (χ3n) is 2.39. The summed E-state index contributed by atoms with van der Waals surface area (Å²) in [5, 5.41) is 6.09. The molecule has 0 saturated heterocycles. The molecular weight excluding hydrogens is 204 g/mol. The third kappa shape index (κ3) is 4.66. The van der Waals surface area contributed by atoms with E-state index in [0.29, 0.717) is 0 Å². The van der Waals surface area contributed by atoms with Crippen molar-refractivity contribution in [3.8, 4) is 0 Å². The zero-order valence-corrected chi connectivity index (χ0v) is 10.6. The van der Waals surface area contributed by atoms with E-state index in [4.69, 9.17) is 4.74 Å². The molecule has 0 bridgehead atoms. The van der Waals surface area contributed by atoms with Gasteiger partial charge in [-0.15, -0.1) is 0 Å². The highest BCUT2D eigenvalue weighted by Crippen LogP contribution is 2.11. The Labute approximate surface area is 97.4 Å². The number of rotatable bonds is 2. The van der Waals surface area contributed by atoms with E-state index in [1.165, 1.54) is 5.57 Å². The molecule has 4 nitrogen and oxygen atoms in total. The van der Waals surface area contributed by atoms with Crippen LogP contribution in [-0.2, 0) is 4.74 Å². The highest BCUT2D eigenvalue weighted by molar-refractivity contribution is 5.68. The lowest BCUT2D eigenvalue weighted by Gasteiger charge is -2.24. The number of nitrogens with one attached hydrogen (secondary N) is 2. The molecule has 0 aromatic rings. The van der Waals surface area contributed by atoms with Gasteiger partial charge in [-0.3, -0.25) is 0 Å². The van der Waals surface area contributed by atoms with Gasteiger partial charge in [0.1, 0.15) is 5.60 Å². The second-order valence-electron chi connectivity index (χ2n) is 5.10. The Balaban J connectivity index is 2.41. The van der Waals surface area contributed by atoms with Gasteiger partial charge < -0.3 is 15.4 Å². The van der Waals surface area contributed by atoms with Gasteiger partial charge in [0.15, 0.2) is 0 Å². The number of alkyl carbamates (subject to hydrolysis) is 1. The van der Waals surface area contributed by atoms with E-state index in [0.717, 1.165) is 19.5 Å². The van der Waals surface area contributed by atoms with Gasteiger partial charge in [0.25, 0.3) is 0 Å². The summed E-state index contributed by atoms with van der Waals surface area (Å²) < 4.78 is 5.21. The molecule has 0 aromatic heterocycles. The Morgan fingerprint density at radius 3 is 2.75 bits per heavy atom. The first-order valence-electron chi connectivity index (χ1n) is 5.77. The SMILES string of the molecule is CC(NC(=O)OC(C)(C)C)C1=CCNCC1. The summed E-state index contributed by atoms with van der Waals surface area (Å²) in [5.74, 6) is 0. The normalized spacial score (nSPS) is 18.6. The molecule has 1 heterocycles. The molecule has 1 atom stereocenters. The quantitative estimate of drug-likeness (QED) is 0.706. The molecule has 1 amide bonds. The molecule has 0 aliphatic carbocycles. The van der Waals surface area contributed by atoms with Gasteiger partial charge in [0, 0.05) is 6.54 Å². The number of ether oxygens (including phenoxy) is 1. The first-order chi connectivity index (χ1) is 7.38. The lowest BCUT2D eigenvalue weighted by Crippen LogP contribution is -2.40. The number of hydrogen-bond acceptors (Lipinski definition) is 3. The Hall–Kier alpha value is -1.03. The Morgan fingerprint density at radius 2 is 2.25 bits per heavy atom. The van der Waals surface area contributed by atoms with Crippen molar-refractivity contribution < 1.29 is 9.53 Å². The van der Waals surface area contributed by atoms with E-state index in [-0.39, 0.29) is 12.1 Å². The first kappa shape index (κ1) is 13.0. The zero-order valence-electron chi connectivity index (χ0n) is 10.6. The standard InChI is InChI=1S/C12H22N2O2/c1-9(10-5-7-13-8-6-10)14-11(15)16-12(2,3)4/h5,9,13H,6-8H2,1-4H3,(H,14,15). The predicted octanol–water partition coefficient (Wildman–Crippen LogP) is 1.82. The molecule has 1 rings (SSSR count).